The third-order valence-corrected chi connectivity index (χ3v) is 5.63. The van der Waals surface area contributed by atoms with Gasteiger partial charge < -0.3 is 10.6 Å². The fourth-order valence-corrected chi connectivity index (χ4v) is 4.22. The predicted molar refractivity (Wildman–Crippen MR) is 112 cm³/mol. The molecule has 2 heterocycles. The highest BCUT2D eigenvalue weighted by Crippen LogP contribution is 2.37. The molecule has 1 aromatic heterocycles. The molecule has 9 heteroatoms. The number of nitrogens with zero attached hydrogens (tertiary/aromatic N) is 3. The Morgan fingerprint density at radius 2 is 1.87 bits per heavy atom. The standard InChI is InChI=1S/C21H15N5O3S/c1-12-18(20-24-17(11-30-20)14-4-2-13(10-22)3-5-14)19(25-21(27)23-12)15-6-8-16(9-7-15)26(28)29/h2-9,11,19H,1H3,(H2,23,25,27). The number of hydrogen-bond donors (Lipinski definition) is 2. The minimum Gasteiger partial charge on any atom is -0.327 e. The third kappa shape index (κ3) is 3.64. The van der Waals surface area contributed by atoms with Crippen LogP contribution in [0.2, 0.25) is 0 Å². The van der Waals surface area contributed by atoms with Gasteiger partial charge in [0.05, 0.1) is 28.3 Å². The van der Waals surface area contributed by atoms with Crippen molar-refractivity contribution in [3.05, 3.63) is 85.9 Å². The Morgan fingerprint density at radius 1 is 1.17 bits per heavy atom. The molecule has 1 aliphatic heterocycles. The number of thiazole rings is 1. The van der Waals surface area contributed by atoms with E-state index in [1.165, 1.54) is 23.5 Å². The number of non-ortho nitro benzene ring substituents is 1. The molecule has 8 nitrogen and oxygen atoms in total. The van der Waals surface area contributed by atoms with Gasteiger partial charge in [-0.25, -0.2) is 9.78 Å². The van der Waals surface area contributed by atoms with Crippen LogP contribution in [0.5, 0.6) is 0 Å². The minimum atomic E-state index is -0.487. The van der Waals surface area contributed by atoms with Crippen molar-refractivity contribution in [1.82, 2.24) is 15.6 Å². The number of carbonyl (C=O) groups is 1. The molecule has 3 aromatic rings. The summed E-state index contributed by atoms with van der Waals surface area (Å²) in [5, 5.41) is 28.2. The first kappa shape index (κ1) is 19.3. The molecule has 0 saturated heterocycles. The number of urea groups is 1. The van der Waals surface area contributed by atoms with Crippen molar-refractivity contribution in [2.45, 2.75) is 13.0 Å². The summed E-state index contributed by atoms with van der Waals surface area (Å²) in [5.74, 6) is 0. The van der Waals surface area contributed by atoms with Crippen molar-refractivity contribution >= 4 is 28.6 Å². The van der Waals surface area contributed by atoms with Crippen LogP contribution in [0.25, 0.3) is 16.8 Å². The molecule has 0 bridgehead atoms. The lowest BCUT2D eigenvalue weighted by molar-refractivity contribution is -0.384. The zero-order chi connectivity index (χ0) is 21.3. The molecule has 2 aromatic carbocycles. The predicted octanol–water partition coefficient (Wildman–Crippen LogP) is 4.38. The highest BCUT2D eigenvalue weighted by atomic mass is 32.1. The number of allylic oxidation sites excluding steroid dienone is 1. The number of nitriles is 1. The average molecular weight is 417 g/mol. The fraction of sp³-hybridized carbons (Fsp3) is 0.0952. The lowest BCUT2D eigenvalue weighted by Crippen LogP contribution is -2.42. The van der Waals surface area contributed by atoms with E-state index in [0.29, 0.717) is 11.3 Å². The second kappa shape index (κ2) is 7.77. The zero-order valence-electron chi connectivity index (χ0n) is 15.7. The first-order chi connectivity index (χ1) is 14.5. The first-order valence-electron chi connectivity index (χ1n) is 8.95. The molecule has 2 N–H and O–H groups in total. The summed E-state index contributed by atoms with van der Waals surface area (Å²) in [4.78, 5) is 27.3. The quantitative estimate of drug-likeness (QED) is 0.482. The van der Waals surface area contributed by atoms with E-state index < -0.39 is 11.0 Å². The molecule has 2 amide bonds. The molecule has 1 atom stereocenters. The van der Waals surface area contributed by atoms with E-state index in [2.05, 4.69) is 16.7 Å². The molecule has 0 aliphatic carbocycles. The summed E-state index contributed by atoms with van der Waals surface area (Å²) in [6.07, 6.45) is 0. The number of rotatable bonds is 4. The maximum absolute atomic E-state index is 12.1. The second-order valence-electron chi connectivity index (χ2n) is 6.65. The Bertz CT molecular complexity index is 1210. The van der Waals surface area contributed by atoms with Gasteiger partial charge in [-0.1, -0.05) is 12.1 Å². The summed E-state index contributed by atoms with van der Waals surface area (Å²) in [5.41, 5.74) is 4.40. The van der Waals surface area contributed by atoms with Crippen molar-refractivity contribution in [3.8, 4) is 17.3 Å². The van der Waals surface area contributed by atoms with Crippen molar-refractivity contribution in [2.75, 3.05) is 0 Å². The van der Waals surface area contributed by atoms with E-state index in [0.717, 1.165) is 27.4 Å². The Hall–Kier alpha value is -4.03. The molecule has 1 unspecified atom stereocenters. The molecular formula is C21H15N5O3S. The molecule has 0 fully saturated rings. The van der Waals surface area contributed by atoms with Crippen LogP contribution in [0, 0.1) is 21.4 Å². The SMILES string of the molecule is CC1=C(c2nc(-c3ccc(C#N)cc3)cs2)C(c2ccc([N+](=O)[O-])cc2)NC(=O)N1. The number of amides is 2. The van der Waals surface area contributed by atoms with Gasteiger partial charge >= 0.3 is 6.03 Å². The summed E-state index contributed by atoms with van der Waals surface area (Å²) >= 11 is 1.44. The van der Waals surface area contributed by atoms with Crippen LogP contribution in [0.1, 0.15) is 29.1 Å². The average Bonchev–Trinajstić information content (AvgIpc) is 3.23. The van der Waals surface area contributed by atoms with E-state index in [1.807, 2.05) is 17.5 Å². The number of aromatic nitrogens is 1. The van der Waals surface area contributed by atoms with Gasteiger partial charge in [-0.2, -0.15) is 5.26 Å². The van der Waals surface area contributed by atoms with Crippen LogP contribution in [0.3, 0.4) is 0 Å². The molecule has 148 valence electrons. The van der Waals surface area contributed by atoms with Crippen LogP contribution < -0.4 is 10.6 Å². The van der Waals surface area contributed by atoms with Crippen LogP contribution >= 0.6 is 11.3 Å². The summed E-state index contributed by atoms with van der Waals surface area (Å²) in [6, 6.07) is 14.5. The minimum absolute atomic E-state index is 0.0152. The van der Waals surface area contributed by atoms with Crippen molar-refractivity contribution in [3.63, 3.8) is 0 Å². The van der Waals surface area contributed by atoms with Crippen LogP contribution in [-0.4, -0.2) is 15.9 Å². The fourth-order valence-electron chi connectivity index (χ4n) is 3.26. The Balaban J connectivity index is 1.72. The monoisotopic (exact) mass is 417 g/mol. The van der Waals surface area contributed by atoms with Gasteiger partial charge in [-0.05, 0) is 36.8 Å². The summed E-state index contributed by atoms with van der Waals surface area (Å²) in [7, 11) is 0. The van der Waals surface area contributed by atoms with E-state index in [9.17, 15) is 14.9 Å². The maximum atomic E-state index is 12.1. The Morgan fingerprint density at radius 3 is 2.50 bits per heavy atom. The van der Waals surface area contributed by atoms with Gasteiger partial charge in [-0.3, -0.25) is 10.1 Å². The zero-order valence-corrected chi connectivity index (χ0v) is 16.6. The van der Waals surface area contributed by atoms with Crippen LogP contribution in [0.15, 0.2) is 59.6 Å². The number of benzene rings is 2. The molecule has 0 radical (unpaired) electrons. The molecule has 30 heavy (non-hydrogen) atoms. The number of carbonyl (C=O) groups excluding carboxylic acids is 1. The van der Waals surface area contributed by atoms with E-state index in [-0.39, 0.29) is 11.7 Å². The van der Waals surface area contributed by atoms with Crippen LogP contribution in [0.4, 0.5) is 10.5 Å². The molecular weight excluding hydrogens is 402 g/mol. The van der Waals surface area contributed by atoms with Crippen molar-refractivity contribution in [2.24, 2.45) is 0 Å². The largest absolute Gasteiger partial charge is 0.327 e. The molecule has 4 rings (SSSR count). The smallest absolute Gasteiger partial charge is 0.319 e. The van der Waals surface area contributed by atoms with E-state index in [1.54, 1.807) is 31.2 Å². The van der Waals surface area contributed by atoms with Gasteiger partial charge in [0, 0.05) is 34.3 Å². The lowest BCUT2D eigenvalue weighted by atomic mass is 9.96. The number of nitro benzene ring substituents is 1. The van der Waals surface area contributed by atoms with Gasteiger partial charge in [0.2, 0.25) is 0 Å². The number of nitro groups is 1. The highest BCUT2D eigenvalue weighted by Gasteiger charge is 2.29. The Labute approximate surface area is 175 Å². The Kier molecular flexibility index (Phi) is 5.00. The molecule has 0 saturated carbocycles. The van der Waals surface area contributed by atoms with Crippen molar-refractivity contribution in [1.29, 1.82) is 5.26 Å². The summed E-state index contributed by atoms with van der Waals surface area (Å²) < 4.78 is 0. The first-order valence-corrected chi connectivity index (χ1v) is 9.83. The third-order valence-electron chi connectivity index (χ3n) is 4.75. The van der Waals surface area contributed by atoms with Gasteiger partial charge in [-0.15, -0.1) is 11.3 Å². The molecule has 1 aliphatic rings. The topological polar surface area (TPSA) is 121 Å². The van der Waals surface area contributed by atoms with E-state index in [4.69, 9.17) is 10.2 Å². The lowest BCUT2D eigenvalue weighted by Gasteiger charge is -2.28. The van der Waals surface area contributed by atoms with Crippen LogP contribution in [-0.2, 0) is 0 Å². The highest BCUT2D eigenvalue weighted by molar-refractivity contribution is 7.11. The van der Waals surface area contributed by atoms with Gasteiger partial charge in [0.15, 0.2) is 0 Å². The molecule has 0 spiro atoms. The summed E-state index contributed by atoms with van der Waals surface area (Å²) in [6.45, 7) is 1.80. The number of nitrogens with one attached hydrogen (secondary N) is 2. The van der Waals surface area contributed by atoms with Crippen molar-refractivity contribution < 1.29 is 9.72 Å². The van der Waals surface area contributed by atoms with E-state index >= 15 is 0 Å². The van der Waals surface area contributed by atoms with Gasteiger partial charge in [0.25, 0.3) is 5.69 Å². The van der Waals surface area contributed by atoms with Gasteiger partial charge in [0.1, 0.15) is 5.01 Å². The second-order valence-corrected chi connectivity index (χ2v) is 7.50. The maximum Gasteiger partial charge on any atom is 0.319 e. The number of hydrogen-bond acceptors (Lipinski definition) is 6. The normalized spacial score (nSPS) is 15.9.